The molecule has 2 atom stereocenters. The van der Waals surface area contributed by atoms with Crippen LogP contribution in [-0.2, 0) is 20.9 Å². The lowest BCUT2D eigenvalue weighted by Gasteiger charge is -2.19. The zero-order chi connectivity index (χ0) is 15.9. The van der Waals surface area contributed by atoms with Gasteiger partial charge in [-0.25, -0.2) is 0 Å². The molecule has 0 heterocycles. The summed E-state index contributed by atoms with van der Waals surface area (Å²) in [5.41, 5.74) is 2.20. The van der Waals surface area contributed by atoms with Crippen LogP contribution in [0, 0.1) is 12.8 Å². The number of benzene rings is 1. The van der Waals surface area contributed by atoms with E-state index in [1.54, 1.807) is 6.92 Å². The van der Waals surface area contributed by atoms with Gasteiger partial charge in [0.25, 0.3) is 5.91 Å². The molecular weight excluding hydrogens is 278 g/mol. The van der Waals surface area contributed by atoms with Crippen LogP contribution in [0.4, 0.5) is 0 Å². The third-order valence-electron chi connectivity index (χ3n) is 3.85. The fourth-order valence-corrected chi connectivity index (χ4v) is 2.37. The number of amides is 1. The van der Waals surface area contributed by atoms with E-state index in [9.17, 15) is 9.59 Å². The molecule has 0 aliphatic heterocycles. The Bertz CT molecular complexity index is 548. The van der Waals surface area contributed by atoms with E-state index in [4.69, 9.17) is 4.74 Å². The van der Waals surface area contributed by atoms with Crippen LogP contribution in [0.2, 0.25) is 0 Å². The lowest BCUT2D eigenvalue weighted by molar-refractivity contribution is -0.159. The number of rotatable bonds is 5. The third-order valence-corrected chi connectivity index (χ3v) is 3.85. The van der Waals surface area contributed by atoms with Crippen molar-refractivity contribution in [3.05, 3.63) is 47.5 Å². The molecule has 1 N–H and O–H groups in total. The van der Waals surface area contributed by atoms with Crippen LogP contribution >= 0.6 is 0 Å². The van der Waals surface area contributed by atoms with Gasteiger partial charge in [-0.15, -0.1) is 0 Å². The molecular formula is C18H23NO3. The molecule has 4 heteroatoms. The van der Waals surface area contributed by atoms with Gasteiger partial charge in [-0.05, 0) is 38.7 Å². The summed E-state index contributed by atoms with van der Waals surface area (Å²) in [5, 5.41) is 2.80. The van der Waals surface area contributed by atoms with Crippen LogP contribution in [0.3, 0.4) is 0 Å². The van der Waals surface area contributed by atoms with E-state index in [1.807, 2.05) is 37.3 Å². The Hall–Kier alpha value is -2.10. The molecule has 2 rings (SSSR count). The maximum absolute atomic E-state index is 12.0. The minimum Gasteiger partial charge on any atom is -0.452 e. The Morgan fingerprint density at radius 2 is 2.00 bits per heavy atom. The number of carbonyl (C=O) groups is 2. The molecule has 0 spiro atoms. The lowest BCUT2D eigenvalue weighted by atomic mass is 9.95. The van der Waals surface area contributed by atoms with Gasteiger partial charge in [-0.2, -0.15) is 0 Å². The van der Waals surface area contributed by atoms with E-state index >= 15 is 0 Å². The van der Waals surface area contributed by atoms with Crippen LogP contribution in [0.1, 0.15) is 37.3 Å². The molecule has 118 valence electrons. The highest BCUT2D eigenvalue weighted by atomic mass is 16.5. The fraction of sp³-hybridized carbons (Fsp3) is 0.444. The smallest absolute Gasteiger partial charge is 0.310 e. The number of allylic oxidation sites excluding steroid dienone is 2. The molecule has 1 aromatic rings. The van der Waals surface area contributed by atoms with Crippen molar-refractivity contribution in [2.75, 3.05) is 0 Å². The first-order chi connectivity index (χ1) is 10.6. The summed E-state index contributed by atoms with van der Waals surface area (Å²) in [6.07, 6.45) is 5.71. The summed E-state index contributed by atoms with van der Waals surface area (Å²) < 4.78 is 5.27. The number of esters is 1. The summed E-state index contributed by atoms with van der Waals surface area (Å²) in [6, 6.07) is 7.95. The normalized spacial score (nSPS) is 18.5. The number of aryl methyl sites for hydroxylation is 1. The monoisotopic (exact) mass is 301 g/mol. The van der Waals surface area contributed by atoms with Gasteiger partial charge in [0.1, 0.15) is 0 Å². The zero-order valence-electron chi connectivity index (χ0n) is 13.2. The molecule has 0 radical (unpaired) electrons. The van der Waals surface area contributed by atoms with Crippen LogP contribution in [0.5, 0.6) is 0 Å². The highest BCUT2D eigenvalue weighted by molar-refractivity contribution is 5.84. The van der Waals surface area contributed by atoms with Crippen molar-refractivity contribution in [2.24, 2.45) is 5.92 Å². The van der Waals surface area contributed by atoms with Crippen molar-refractivity contribution < 1.29 is 14.3 Å². The number of hydrogen-bond donors (Lipinski definition) is 1. The summed E-state index contributed by atoms with van der Waals surface area (Å²) in [5.74, 6) is -0.653. The van der Waals surface area contributed by atoms with Crippen LogP contribution < -0.4 is 5.32 Å². The minimum absolute atomic E-state index is 0.114. The van der Waals surface area contributed by atoms with Crippen LogP contribution in [-0.4, -0.2) is 18.0 Å². The van der Waals surface area contributed by atoms with E-state index < -0.39 is 6.10 Å². The van der Waals surface area contributed by atoms with Crippen molar-refractivity contribution >= 4 is 11.9 Å². The van der Waals surface area contributed by atoms with Crippen molar-refractivity contribution in [1.29, 1.82) is 0 Å². The zero-order valence-corrected chi connectivity index (χ0v) is 13.2. The second kappa shape index (κ2) is 7.78. The molecule has 4 nitrogen and oxygen atoms in total. The minimum atomic E-state index is -0.760. The molecule has 1 amide bonds. The lowest BCUT2D eigenvalue weighted by Crippen LogP contribution is -2.36. The van der Waals surface area contributed by atoms with E-state index in [2.05, 4.69) is 11.4 Å². The summed E-state index contributed by atoms with van der Waals surface area (Å²) >= 11 is 0. The Kier molecular flexibility index (Phi) is 5.75. The van der Waals surface area contributed by atoms with Crippen molar-refractivity contribution in [3.63, 3.8) is 0 Å². The van der Waals surface area contributed by atoms with Gasteiger partial charge < -0.3 is 10.1 Å². The van der Waals surface area contributed by atoms with Gasteiger partial charge in [-0.3, -0.25) is 9.59 Å². The molecule has 1 aromatic carbocycles. The number of carbonyl (C=O) groups excluding carboxylic acids is 2. The number of hydrogen-bond acceptors (Lipinski definition) is 3. The van der Waals surface area contributed by atoms with Crippen molar-refractivity contribution in [2.45, 2.75) is 45.8 Å². The second-order valence-corrected chi connectivity index (χ2v) is 5.76. The highest BCUT2D eigenvalue weighted by Gasteiger charge is 2.24. The predicted octanol–water partition coefficient (Wildman–Crippen LogP) is 2.90. The highest BCUT2D eigenvalue weighted by Crippen LogP contribution is 2.20. The van der Waals surface area contributed by atoms with Crippen molar-refractivity contribution in [1.82, 2.24) is 5.32 Å². The van der Waals surface area contributed by atoms with E-state index in [0.717, 1.165) is 18.4 Å². The van der Waals surface area contributed by atoms with E-state index in [-0.39, 0.29) is 17.8 Å². The number of nitrogens with one attached hydrogen (secondary N) is 1. The quantitative estimate of drug-likeness (QED) is 0.672. The molecule has 1 aliphatic carbocycles. The van der Waals surface area contributed by atoms with Crippen LogP contribution in [0.25, 0.3) is 0 Å². The van der Waals surface area contributed by atoms with Gasteiger partial charge in [0.2, 0.25) is 0 Å². The second-order valence-electron chi connectivity index (χ2n) is 5.76. The van der Waals surface area contributed by atoms with E-state index in [0.29, 0.717) is 13.0 Å². The largest absolute Gasteiger partial charge is 0.452 e. The first kappa shape index (κ1) is 16.3. The van der Waals surface area contributed by atoms with Gasteiger partial charge in [0.05, 0.1) is 5.92 Å². The molecule has 0 bridgehead atoms. The average Bonchev–Trinajstić information content (AvgIpc) is 2.54. The fourth-order valence-electron chi connectivity index (χ4n) is 2.37. The van der Waals surface area contributed by atoms with Crippen molar-refractivity contribution in [3.8, 4) is 0 Å². The average molecular weight is 301 g/mol. The summed E-state index contributed by atoms with van der Waals surface area (Å²) in [4.78, 5) is 24.0. The Balaban J connectivity index is 1.77. The predicted molar refractivity (Wildman–Crippen MR) is 85.1 cm³/mol. The molecule has 0 saturated heterocycles. The van der Waals surface area contributed by atoms with E-state index in [1.165, 1.54) is 5.56 Å². The first-order valence-electron chi connectivity index (χ1n) is 7.75. The maximum atomic E-state index is 12.0. The number of ether oxygens (including phenoxy) is 1. The van der Waals surface area contributed by atoms with Gasteiger partial charge in [0, 0.05) is 6.54 Å². The third kappa shape index (κ3) is 4.72. The van der Waals surface area contributed by atoms with Gasteiger partial charge in [-0.1, -0.05) is 42.0 Å². The molecule has 1 aliphatic rings. The summed E-state index contributed by atoms with van der Waals surface area (Å²) in [7, 11) is 0. The van der Waals surface area contributed by atoms with Crippen LogP contribution in [0.15, 0.2) is 36.4 Å². The molecule has 0 saturated carbocycles. The van der Waals surface area contributed by atoms with Gasteiger partial charge in [0.15, 0.2) is 6.10 Å². The first-order valence-corrected chi connectivity index (χ1v) is 7.75. The maximum Gasteiger partial charge on any atom is 0.310 e. The summed E-state index contributed by atoms with van der Waals surface area (Å²) in [6.45, 7) is 4.07. The Labute approximate surface area is 131 Å². The molecule has 0 aromatic heterocycles. The Morgan fingerprint density at radius 1 is 1.27 bits per heavy atom. The van der Waals surface area contributed by atoms with Gasteiger partial charge >= 0.3 is 5.97 Å². The molecule has 0 unspecified atom stereocenters. The SMILES string of the molecule is Cc1ccc(CNC(=O)[C@H](C)OC(=O)[C@@H]2CC=CCC2)cc1. The standard InChI is InChI=1S/C18H23NO3/c1-13-8-10-15(11-9-13)12-19-17(20)14(2)22-18(21)16-6-4-3-5-7-16/h3-4,8-11,14,16H,5-7,12H2,1-2H3,(H,19,20)/t14-,16+/m0/s1. The Morgan fingerprint density at radius 3 is 2.64 bits per heavy atom. The molecule has 22 heavy (non-hydrogen) atoms. The topological polar surface area (TPSA) is 55.4 Å². The molecule has 0 fully saturated rings.